The van der Waals surface area contributed by atoms with E-state index in [0.29, 0.717) is 28.8 Å². The Bertz CT molecular complexity index is 1190. The van der Waals surface area contributed by atoms with Gasteiger partial charge in [0, 0.05) is 34.2 Å². The number of benzene rings is 2. The molecule has 0 aliphatic rings. The van der Waals surface area contributed by atoms with Crippen LogP contribution in [0.4, 0.5) is 5.69 Å². The zero-order valence-electron chi connectivity index (χ0n) is 16.4. The largest absolute Gasteiger partial charge is 0.497 e. The SMILES string of the molecule is COc1ccc(-c2nnc(COc3cccc(NC(=O)c4cncc(Br)c4)c3)o2)cc1. The van der Waals surface area contributed by atoms with Gasteiger partial charge in [-0.3, -0.25) is 9.78 Å². The molecule has 1 N–H and O–H groups in total. The first-order valence-electron chi connectivity index (χ1n) is 9.22. The van der Waals surface area contributed by atoms with Crippen LogP contribution >= 0.6 is 15.9 Å². The van der Waals surface area contributed by atoms with Gasteiger partial charge in [-0.2, -0.15) is 0 Å². The number of rotatable bonds is 7. The van der Waals surface area contributed by atoms with Crippen LogP contribution in [0.3, 0.4) is 0 Å². The number of nitrogens with one attached hydrogen (secondary N) is 1. The lowest BCUT2D eigenvalue weighted by Gasteiger charge is -2.08. The molecular weight excluding hydrogens is 464 g/mol. The predicted octanol–water partition coefficient (Wildman–Crippen LogP) is 4.73. The molecule has 0 aliphatic heterocycles. The van der Waals surface area contributed by atoms with Crippen LogP contribution in [0.1, 0.15) is 16.2 Å². The summed E-state index contributed by atoms with van der Waals surface area (Å²) in [5, 5.41) is 10.9. The van der Waals surface area contributed by atoms with Crippen molar-refractivity contribution in [3.8, 4) is 23.0 Å². The third kappa shape index (κ3) is 5.26. The Balaban J connectivity index is 1.38. The molecule has 1 amide bonds. The van der Waals surface area contributed by atoms with Crippen molar-refractivity contribution in [1.29, 1.82) is 0 Å². The van der Waals surface area contributed by atoms with Crippen molar-refractivity contribution < 1.29 is 18.7 Å². The molecule has 2 aromatic carbocycles. The maximum Gasteiger partial charge on any atom is 0.257 e. The summed E-state index contributed by atoms with van der Waals surface area (Å²) < 4.78 is 17.3. The Labute approximate surface area is 186 Å². The fourth-order valence-electron chi connectivity index (χ4n) is 2.71. The Hall–Kier alpha value is -3.72. The molecule has 0 spiro atoms. The molecule has 2 heterocycles. The molecular formula is C22H17BrN4O4. The van der Waals surface area contributed by atoms with Crippen molar-refractivity contribution in [2.45, 2.75) is 6.61 Å². The summed E-state index contributed by atoms with van der Waals surface area (Å²) >= 11 is 3.31. The van der Waals surface area contributed by atoms with Crippen LogP contribution in [-0.2, 0) is 6.61 Å². The second-order valence-electron chi connectivity index (χ2n) is 6.39. The smallest absolute Gasteiger partial charge is 0.257 e. The minimum absolute atomic E-state index is 0.0934. The van der Waals surface area contributed by atoms with Crippen LogP contribution in [0.5, 0.6) is 11.5 Å². The van der Waals surface area contributed by atoms with Crippen LogP contribution in [0, 0.1) is 0 Å². The molecule has 0 bridgehead atoms. The normalized spacial score (nSPS) is 10.5. The highest BCUT2D eigenvalue weighted by Gasteiger charge is 2.11. The quantitative estimate of drug-likeness (QED) is 0.407. The number of hydrogen-bond acceptors (Lipinski definition) is 7. The Kier molecular flexibility index (Phi) is 6.23. The van der Waals surface area contributed by atoms with Gasteiger partial charge in [0.15, 0.2) is 6.61 Å². The van der Waals surface area contributed by atoms with Crippen molar-refractivity contribution in [1.82, 2.24) is 15.2 Å². The number of nitrogens with zero attached hydrogens (tertiary/aromatic N) is 3. The van der Waals surface area contributed by atoms with Crippen LogP contribution in [0.2, 0.25) is 0 Å². The van der Waals surface area contributed by atoms with E-state index in [2.05, 4.69) is 36.4 Å². The molecule has 0 radical (unpaired) electrons. The second-order valence-corrected chi connectivity index (χ2v) is 7.31. The number of aromatic nitrogens is 3. The number of carbonyl (C=O) groups excluding carboxylic acids is 1. The molecule has 156 valence electrons. The topological polar surface area (TPSA) is 99.4 Å². The molecule has 4 aromatic rings. The van der Waals surface area contributed by atoms with E-state index >= 15 is 0 Å². The summed E-state index contributed by atoms with van der Waals surface area (Å²) in [6.45, 7) is 0.0934. The number of anilines is 1. The average Bonchev–Trinajstić information content (AvgIpc) is 3.27. The molecule has 0 saturated heterocycles. The van der Waals surface area contributed by atoms with Gasteiger partial charge in [0.2, 0.25) is 5.89 Å². The molecule has 31 heavy (non-hydrogen) atoms. The third-order valence-corrected chi connectivity index (χ3v) is 4.66. The van der Waals surface area contributed by atoms with Gasteiger partial charge >= 0.3 is 0 Å². The zero-order chi connectivity index (χ0) is 21.6. The van der Waals surface area contributed by atoms with Gasteiger partial charge in [0.05, 0.1) is 12.7 Å². The number of halogens is 1. The monoisotopic (exact) mass is 480 g/mol. The van der Waals surface area contributed by atoms with E-state index in [4.69, 9.17) is 13.9 Å². The van der Waals surface area contributed by atoms with Gasteiger partial charge < -0.3 is 19.2 Å². The Morgan fingerprint density at radius 3 is 2.68 bits per heavy atom. The van der Waals surface area contributed by atoms with E-state index in [0.717, 1.165) is 15.8 Å². The van der Waals surface area contributed by atoms with E-state index in [1.165, 1.54) is 6.20 Å². The summed E-state index contributed by atoms with van der Waals surface area (Å²) in [4.78, 5) is 16.4. The minimum atomic E-state index is -0.271. The van der Waals surface area contributed by atoms with Crippen molar-refractivity contribution >= 4 is 27.5 Å². The van der Waals surface area contributed by atoms with E-state index in [9.17, 15) is 4.79 Å². The molecule has 4 rings (SSSR count). The van der Waals surface area contributed by atoms with Gasteiger partial charge in [0.25, 0.3) is 11.8 Å². The van der Waals surface area contributed by atoms with Crippen LogP contribution < -0.4 is 14.8 Å². The van der Waals surface area contributed by atoms with Crippen molar-refractivity contribution in [3.63, 3.8) is 0 Å². The van der Waals surface area contributed by atoms with E-state index in [1.807, 2.05) is 24.3 Å². The molecule has 8 nitrogen and oxygen atoms in total. The number of hydrogen-bond donors (Lipinski definition) is 1. The molecule has 0 saturated carbocycles. The second kappa shape index (κ2) is 9.40. The van der Waals surface area contributed by atoms with Crippen molar-refractivity contribution in [3.05, 3.63) is 82.9 Å². The van der Waals surface area contributed by atoms with E-state index in [-0.39, 0.29) is 12.5 Å². The highest BCUT2D eigenvalue weighted by Crippen LogP contribution is 2.23. The Morgan fingerprint density at radius 2 is 1.90 bits per heavy atom. The third-order valence-electron chi connectivity index (χ3n) is 4.23. The molecule has 9 heteroatoms. The van der Waals surface area contributed by atoms with Crippen LogP contribution in [-0.4, -0.2) is 28.2 Å². The molecule has 2 aromatic heterocycles. The number of pyridine rings is 1. The summed E-state index contributed by atoms with van der Waals surface area (Å²) in [5.41, 5.74) is 1.82. The highest BCUT2D eigenvalue weighted by atomic mass is 79.9. The van der Waals surface area contributed by atoms with Gasteiger partial charge in [0.1, 0.15) is 11.5 Å². The van der Waals surface area contributed by atoms with Crippen molar-refractivity contribution in [2.75, 3.05) is 12.4 Å². The molecule has 0 atom stereocenters. The molecule has 0 aliphatic carbocycles. The standard InChI is InChI=1S/C22H17BrN4O4/c1-29-18-7-5-14(6-8-18)22-27-26-20(31-22)13-30-19-4-2-3-17(10-19)25-21(28)15-9-16(23)12-24-11-15/h2-12H,13H2,1H3,(H,25,28). The van der Waals surface area contributed by atoms with Gasteiger partial charge in [-0.25, -0.2) is 0 Å². The Morgan fingerprint density at radius 1 is 1.06 bits per heavy atom. The lowest BCUT2D eigenvalue weighted by Crippen LogP contribution is -2.12. The average molecular weight is 481 g/mol. The maximum atomic E-state index is 12.4. The van der Waals surface area contributed by atoms with Gasteiger partial charge in [-0.1, -0.05) is 6.07 Å². The lowest BCUT2D eigenvalue weighted by molar-refractivity contribution is 0.102. The molecule has 0 fully saturated rings. The predicted molar refractivity (Wildman–Crippen MR) is 117 cm³/mol. The number of amides is 1. The maximum absolute atomic E-state index is 12.4. The fraction of sp³-hybridized carbons (Fsp3) is 0.0909. The van der Waals surface area contributed by atoms with Crippen LogP contribution in [0.25, 0.3) is 11.5 Å². The first kappa shape index (κ1) is 20.5. The highest BCUT2D eigenvalue weighted by molar-refractivity contribution is 9.10. The summed E-state index contributed by atoms with van der Waals surface area (Å²) in [6, 6.07) is 16.0. The summed E-state index contributed by atoms with van der Waals surface area (Å²) in [6.07, 6.45) is 3.11. The van der Waals surface area contributed by atoms with E-state index < -0.39 is 0 Å². The fourth-order valence-corrected chi connectivity index (χ4v) is 3.08. The number of carbonyl (C=O) groups is 1. The summed E-state index contributed by atoms with van der Waals surface area (Å²) in [7, 11) is 1.61. The van der Waals surface area contributed by atoms with E-state index in [1.54, 1.807) is 43.6 Å². The lowest BCUT2D eigenvalue weighted by atomic mass is 10.2. The first-order valence-corrected chi connectivity index (χ1v) is 10.0. The summed E-state index contributed by atoms with van der Waals surface area (Å²) in [5.74, 6) is 1.75. The van der Waals surface area contributed by atoms with Gasteiger partial charge in [-0.05, 0) is 58.4 Å². The number of methoxy groups -OCH3 is 1. The first-order chi connectivity index (χ1) is 15.1. The van der Waals surface area contributed by atoms with Gasteiger partial charge in [-0.15, -0.1) is 10.2 Å². The number of ether oxygens (including phenoxy) is 2. The minimum Gasteiger partial charge on any atom is -0.497 e. The van der Waals surface area contributed by atoms with Crippen LogP contribution in [0.15, 0.2) is 75.9 Å². The van der Waals surface area contributed by atoms with Crippen molar-refractivity contribution in [2.24, 2.45) is 0 Å². The zero-order valence-corrected chi connectivity index (χ0v) is 18.0. The molecule has 0 unspecified atom stereocenters.